The molecule has 1 aromatic rings. The Morgan fingerprint density at radius 1 is 0.769 bits per heavy atom. The Bertz CT molecular complexity index is 532. The standard InChI is InChI=1S/C25H41N/c1-19(2)26(25(3,4)5)24-22(20-13-8-6-9-14-20)17-12-18-23(24)21-15-10-7-11-16-21/h12,17-21H,6-11,13-16H2,1-5H3. The molecule has 0 aliphatic heterocycles. The zero-order valence-corrected chi connectivity index (χ0v) is 18.0. The molecule has 1 aromatic carbocycles. The van der Waals surface area contributed by atoms with Gasteiger partial charge in [-0.15, -0.1) is 0 Å². The summed E-state index contributed by atoms with van der Waals surface area (Å²) < 4.78 is 0. The molecule has 0 radical (unpaired) electrons. The lowest BCUT2D eigenvalue weighted by molar-refractivity contribution is 0.420. The molecule has 2 saturated carbocycles. The minimum Gasteiger partial charge on any atom is -0.364 e. The number of hydrogen-bond donors (Lipinski definition) is 0. The van der Waals surface area contributed by atoms with E-state index in [4.69, 9.17) is 0 Å². The second-order valence-electron chi connectivity index (χ2n) is 10.1. The molecule has 2 aliphatic rings. The number of para-hydroxylation sites is 1. The summed E-state index contributed by atoms with van der Waals surface area (Å²) in [7, 11) is 0. The number of benzene rings is 1. The molecule has 0 atom stereocenters. The van der Waals surface area contributed by atoms with E-state index in [0.717, 1.165) is 11.8 Å². The van der Waals surface area contributed by atoms with Crippen LogP contribution in [0.5, 0.6) is 0 Å². The molecule has 1 heteroatoms. The van der Waals surface area contributed by atoms with Crippen molar-refractivity contribution in [3.8, 4) is 0 Å². The third-order valence-electron chi connectivity index (χ3n) is 6.67. The van der Waals surface area contributed by atoms with Gasteiger partial charge in [-0.3, -0.25) is 0 Å². The number of anilines is 1. The van der Waals surface area contributed by atoms with Gasteiger partial charge in [0.2, 0.25) is 0 Å². The molecule has 0 heterocycles. The van der Waals surface area contributed by atoms with Crippen molar-refractivity contribution in [1.29, 1.82) is 0 Å². The molecule has 0 spiro atoms. The minimum absolute atomic E-state index is 0.155. The van der Waals surface area contributed by atoms with E-state index in [2.05, 4.69) is 57.7 Å². The summed E-state index contributed by atoms with van der Waals surface area (Å²) >= 11 is 0. The first-order valence-corrected chi connectivity index (χ1v) is 11.3. The van der Waals surface area contributed by atoms with Crippen molar-refractivity contribution < 1.29 is 0 Å². The molecular formula is C25H41N. The van der Waals surface area contributed by atoms with E-state index in [1.807, 2.05) is 0 Å². The van der Waals surface area contributed by atoms with Crippen LogP contribution in [0.3, 0.4) is 0 Å². The van der Waals surface area contributed by atoms with E-state index in [1.165, 1.54) is 64.2 Å². The van der Waals surface area contributed by atoms with Gasteiger partial charge in [0, 0.05) is 17.3 Å². The lowest BCUT2D eigenvalue weighted by Crippen LogP contribution is -2.47. The molecule has 0 bridgehead atoms. The van der Waals surface area contributed by atoms with Crippen molar-refractivity contribution in [2.45, 2.75) is 122 Å². The van der Waals surface area contributed by atoms with Gasteiger partial charge in [-0.05, 0) is 83.3 Å². The van der Waals surface area contributed by atoms with Gasteiger partial charge < -0.3 is 4.90 Å². The van der Waals surface area contributed by atoms with Crippen molar-refractivity contribution in [3.63, 3.8) is 0 Å². The fourth-order valence-corrected chi connectivity index (χ4v) is 5.71. The van der Waals surface area contributed by atoms with Gasteiger partial charge in [-0.1, -0.05) is 56.7 Å². The largest absolute Gasteiger partial charge is 0.364 e. The van der Waals surface area contributed by atoms with Gasteiger partial charge in [0.25, 0.3) is 0 Å². The van der Waals surface area contributed by atoms with Crippen LogP contribution in [0.1, 0.15) is 122 Å². The molecule has 0 saturated heterocycles. The molecule has 2 fully saturated rings. The maximum absolute atomic E-state index is 2.75. The fraction of sp³-hybridized carbons (Fsp3) is 0.760. The molecule has 0 unspecified atom stereocenters. The van der Waals surface area contributed by atoms with E-state index >= 15 is 0 Å². The highest BCUT2D eigenvalue weighted by Gasteiger charge is 2.32. The Hall–Kier alpha value is -0.980. The summed E-state index contributed by atoms with van der Waals surface area (Å²) in [5.41, 5.74) is 5.10. The summed E-state index contributed by atoms with van der Waals surface area (Å²) in [5, 5.41) is 0. The van der Waals surface area contributed by atoms with Crippen molar-refractivity contribution in [1.82, 2.24) is 0 Å². The van der Waals surface area contributed by atoms with Crippen LogP contribution < -0.4 is 4.90 Å². The average Bonchev–Trinajstić information content (AvgIpc) is 2.62. The fourth-order valence-electron chi connectivity index (χ4n) is 5.71. The highest BCUT2D eigenvalue weighted by molar-refractivity contribution is 5.64. The zero-order valence-electron chi connectivity index (χ0n) is 18.0. The van der Waals surface area contributed by atoms with Crippen molar-refractivity contribution >= 4 is 5.69 Å². The Morgan fingerprint density at radius 3 is 1.54 bits per heavy atom. The predicted octanol–water partition coefficient (Wildman–Crippen LogP) is 7.80. The third kappa shape index (κ3) is 4.29. The monoisotopic (exact) mass is 355 g/mol. The third-order valence-corrected chi connectivity index (χ3v) is 6.67. The molecular weight excluding hydrogens is 314 g/mol. The second-order valence-corrected chi connectivity index (χ2v) is 10.1. The molecule has 0 aromatic heterocycles. The van der Waals surface area contributed by atoms with Gasteiger partial charge >= 0.3 is 0 Å². The van der Waals surface area contributed by atoms with Gasteiger partial charge in [0.1, 0.15) is 0 Å². The summed E-state index contributed by atoms with van der Waals surface area (Å²) in [4.78, 5) is 2.75. The number of nitrogens with zero attached hydrogens (tertiary/aromatic N) is 1. The highest BCUT2D eigenvalue weighted by atomic mass is 15.2. The first-order valence-electron chi connectivity index (χ1n) is 11.3. The average molecular weight is 356 g/mol. The number of rotatable bonds is 4. The first-order chi connectivity index (χ1) is 12.4. The lowest BCUT2D eigenvalue weighted by atomic mass is 9.77. The van der Waals surface area contributed by atoms with Crippen LogP contribution in [0.15, 0.2) is 18.2 Å². The SMILES string of the molecule is CC(C)N(c1c(C2CCCCC2)cccc1C1CCCCC1)C(C)(C)C. The molecule has 2 aliphatic carbocycles. The summed E-state index contributed by atoms with van der Waals surface area (Å²) in [6, 6.07) is 7.85. The van der Waals surface area contributed by atoms with E-state index in [1.54, 1.807) is 16.8 Å². The normalized spacial score (nSPS) is 20.5. The lowest BCUT2D eigenvalue weighted by Gasteiger charge is -2.45. The number of hydrogen-bond acceptors (Lipinski definition) is 1. The summed E-state index contributed by atoms with van der Waals surface area (Å²) in [5.74, 6) is 1.54. The maximum Gasteiger partial charge on any atom is 0.0443 e. The Labute approximate surface area is 162 Å². The van der Waals surface area contributed by atoms with Gasteiger partial charge in [0.15, 0.2) is 0 Å². The van der Waals surface area contributed by atoms with Gasteiger partial charge in [-0.2, -0.15) is 0 Å². The highest BCUT2D eigenvalue weighted by Crippen LogP contribution is 2.46. The predicted molar refractivity (Wildman–Crippen MR) is 115 cm³/mol. The van der Waals surface area contributed by atoms with Crippen LogP contribution >= 0.6 is 0 Å². The van der Waals surface area contributed by atoms with Crippen molar-refractivity contribution in [2.75, 3.05) is 4.90 Å². The summed E-state index contributed by atoms with van der Waals surface area (Å²) in [6.45, 7) is 12.0. The van der Waals surface area contributed by atoms with Crippen LogP contribution in [-0.2, 0) is 0 Å². The quantitative estimate of drug-likeness (QED) is 0.532. The van der Waals surface area contributed by atoms with Gasteiger partial charge in [-0.25, -0.2) is 0 Å². The molecule has 3 rings (SSSR count). The van der Waals surface area contributed by atoms with E-state index in [-0.39, 0.29) is 5.54 Å². The van der Waals surface area contributed by atoms with Gasteiger partial charge in [0.05, 0.1) is 0 Å². The Balaban J connectivity index is 2.11. The minimum atomic E-state index is 0.155. The van der Waals surface area contributed by atoms with Crippen LogP contribution in [0.25, 0.3) is 0 Å². The second kappa shape index (κ2) is 8.36. The Kier molecular flexibility index (Phi) is 6.36. The smallest absolute Gasteiger partial charge is 0.0443 e. The topological polar surface area (TPSA) is 3.24 Å². The maximum atomic E-state index is 2.75. The van der Waals surface area contributed by atoms with Crippen LogP contribution in [0.4, 0.5) is 5.69 Å². The van der Waals surface area contributed by atoms with Crippen molar-refractivity contribution in [2.24, 2.45) is 0 Å². The van der Waals surface area contributed by atoms with Crippen molar-refractivity contribution in [3.05, 3.63) is 29.3 Å². The van der Waals surface area contributed by atoms with E-state index in [0.29, 0.717) is 6.04 Å². The zero-order chi connectivity index (χ0) is 18.7. The van der Waals surface area contributed by atoms with E-state index in [9.17, 15) is 0 Å². The molecule has 146 valence electrons. The van der Waals surface area contributed by atoms with E-state index < -0.39 is 0 Å². The first kappa shape index (κ1) is 19.8. The molecule has 1 nitrogen and oxygen atoms in total. The van der Waals surface area contributed by atoms with Crippen LogP contribution in [0, 0.1) is 0 Å². The van der Waals surface area contributed by atoms with Crippen LogP contribution in [0.2, 0.25) is 0 Å². The summed E-state index contributed by atoms with van der Waals surface area (Å²) in [6.07, 6.45) is 14.1. The molecule has 0 N–H and O–H groups in total. The van der Waals surface area contributed by atoms with Crippen LogP contribution in [-0.4, -0.2) is 11.6 Å². The Morgan fingerprint density at radius 2 is 1.19 bits per heavy atom. The molecule has 26 heavy (non-hydrogen) atoms. The molecule has 0 amide bonds.